The molecule has 4 N–H and O–H groups in total. The Labute approximate surface area is 113 Å². The van der Waals surface area contributed by atoms with Crippen LogP contribution >= 0.6 is 11.3 Å². The first kappa shape index (κ1) is 12.7. The van der Waals surface area contributed by atoms with Gasteiger partial charge in [-0.05, 0) is 33.8 Å². The summed E-state index contributed by atoms with van der Waals surface area (Å²) in [5, 5.41) is 38.6. The van der Waals surface area contributed by atoms with Crippen LogP contribution in [0.25, 0.3) is 20.2 Å². The van der Waals surface area contributed by atoms with Gasteiger partial charge in [0.2, 0.25) is 0 Å². The average molecular weight is 272 g/mol. The summed E-state index contributed by atoms with van der Waals surface area (Å²) >= 11 is 1.58. The third-order valence-corrected chi connectivity index (χ3v) is 4.27. The molecule has 0 atom stereocenters. The van der Waals surface area contributed by atoms with Crippen LogP contribution in [-0.4, -0.2) is 34.3 Å². The first-order valence-electron chi connectivity index (χ1n) is 5.74. The van der Waals surface area contributed by atoms with Crippen LogP contribution in [0.5, 0.6) is 0 Å². The van der Waals surface area contributed by atoms with E-state index < -0.39 is 14.2 Å². The minimum absolute atomic E-state index is 0.419. The largest absolute Gasteiger partial charge is 0.488 e. The van der Waals surface area contributed by atoms with Gasteiger partial charge in [0.25, 0.3) is 0 Å². The van der Waals surface area contributed by atoms with Crippen molar-refractivity contribution < 1.29 is 20.1 Å². The second-order valence-corrected chi connectivity index (χ2v) is 5.44. The predicted molar refractivity (Wildman–Crippen MR) is 79.0 cm³/mol. The first-order valence-corrected chi connectivity index (χ1v) is 6.56. The third kappa shape index (κ3) is 2.16. The highest BCUT2D eigenvalue weighted by atomic mass is 32.1. The van der Waals surface area contributed by atoms with Gasteiger partial charge in [-0.25, -0.2) is 0 Å². The van der Waals surface area contributed by atoms with E-state index in [1.165, 1.54) is 0 Å². The van der Waals surface area contributed by atoms with Gasteiger partial charge >= 0.3 is 14.2 Å². The molecule has 4 nitrogen and oxygen atoms in total. The Morgan fingerprint density at radius 1 is 0.684 bits per heavy atom. The van der Waals surface area contributed by atoms with E-state index in [0.29, 0.717) is 10.9 Å². The Hall–Kier alpha value is -1.37. The Kier molecular flexibility index (Phi) is 3.08. The molecule has 2 aromatic carbocycles. The number of rotatable bonds is 2. The van der Waals surface area contributed by atoms with Gasteiger partial charge in [-0.3, -0.25) is 0 Å². The van der Waals surface area contributed by atoms with Crippen molar-refractivity contribution in [3.63, 3.8) is 0 Å². The van der Waals surface area contributed by atoms with Gasteiger partial charge in [0, 0.05) is 9.40 Å². The number of hydrogen-bond acceptors (Lipinski definition) is 5. The summed E-state index contributed by atoms with van der Waals surface area (Å²) in [5.74, 6) is 0. The molecule has 3 aromatic rings. The maximum atomic E-state index is 9.21. The molecule has 1 heterocycles. The third-order valence-electron chi connectivity index (χ3n) is 3.11. The molecule has 1 aromatic heterocycles. The molecule has 0 unspecified atom stereocenters. The Morgan fingerprint density at radius 2 is 1.11 bits per heavy atom. The summed E-state index contributed by atoms with van der Waals surface area (Å²) in [7, 11) is -3.02. The number of fused-ring (bicyclic) bond motifs is 3. The topological polar surface area (TPSA) is 80.9 Å². The molecule has 0 aliphatic carbocycles. The van der Waals surface area contributed by atoms with Gasteiger partial charge < -0.3 is 20.1 Å². The summed E-state index contributed by atoms with van der Waals surface area (Å²) < 4.78 is 2.04. The molecule has 19 heavy (non-hydrogen) atoms. The standard InChI is InChI=1S/C12H10B2O4S/c15-13(16)7-1-3-11-9(5-7)10-6-8(14(17)18)2-4-12(10)19-11/h1-6,15-18H. The molecule has 0 aliphatic rings. The van der Waals surface area contributed by atoms with E-state index in [2.05, 4.69) is 0 Å². The molecule has 0 saturated carbocycles. The Balaban J connectivity index is 2.31. The minimum atomic E-state index is -1.51. The lowest BCUT2D eigenvalue weighted by Crippen LogP contribution is -2.29. The summed E-state index contributed by atoms with van der Waals surface area (Å²) in [6, 6.07) is 10.4. The van der Waals surface area contributed by atoms with E-state index in [1.807, 2.05) is 12.1 Å². The fourth-order valence-corrected chi connectivity index (χ4v) is 3.20. The second kappa shape index (κ2) is 4.63. The zero-order chi connectivity index (χ0) is 13.6. The highest BCUT2D eigenvalue weighted by molar-refractivity contribution is 7.25. The Morgan fingerprint density at radius 3 is 1.47 bits per heavy atom. The van der Waals surface area contributed by atoms with E-state index in [9.17, 15) is 20.1 Å². The van der Waals surface area contributed by atoms with Gasteiger partial charge in [0.1, 0.15) is 0 Å². The summed E-state index contributed by atoms with van der Waals surface area (Å²) in [5.41, 5.74) is 0.837. The van der Waals surface area contributed by atoms with Crippen molar-refractivity contribution in [2.75, 3.05) is 0 Å². The normalized spacial score (nSPS) is 11.2. The minimum Gasteiger partial charge on any atom is -0.423 e. The van der Waals surface area contributed by atoms with Gasteiger partial charge in [-0.2, -0.15) is 0 Å². The molecule has 0 radical (unpaired) electrons. The van der Waals surface area contributed by atoms with Crippen LogP contribution in [0, 0.1) is 0 Å². The second-order valence-electron chi connectivity index (χ2n) is 4.36. The maximum absolute atomic E-state index is 9.21. The lowest BCUT2D eigenvalue weighted by atomic mass is 9.78. The number of thiophene rings is 1. The Bertz CT molecular complexity index is 692. The first-order chi connectivity index (χ1) is 9.06. The van der Waals surface area contributed by atoms with Crippen molar-refractivity contribution in [2.24, 2.45) is 0 Å². The fourth-order valence-electron chi connectivity index (χ4n) is 2.13. The van der Waals surface area contributed by atoms with Crippen LogP contribution in [0.15, 0.2) is 36.4 Å². The van der Waals surface area contributed by atoms with Gasteiger partial charge in [0.15, 0.2) is 0 Å². The van der Waals surface area contributed by atoms with Crippen molar-refractivity contribution in [2.45, 2.75) is 0 Å². The predicted octanol–water partition coefficient (Wildman–Crippen LogP) is -0.586. The average Bonchev–Trinajstić information content (AvgIpc) is 2.75. The molecule has 0 aliphatic heterocycles. The van der Waals surface area contributed by atoms with Gasteiger partial charge in [-0.1, -0.05) is 24.3 Å². The molecule has 0 amide bonds. The smallest absolute Gasteiger partial charge is 0.423 e. The molecular weight excluding hydrogens is 262 g/mol. The van der Waals surface area contributed by atoms with Crippen molar-refractivity contribution >= 4 is 56.7 Å². The molecule has 0 fully saturated rings. The van der Waals surface area contributed by atoms with E-state index in [1.54, 1.807) is 35.6 Å². The maximum Gasteiger partial charge on any atom is 0.488 e. The lowest BCUT2D eigenvalue weighted by Gasteiger charge is -2.01. The van der Waals surface area contributed by atoms with Crippen molar-refractivity contribution in [3.05, 3.63) is 36.4 Å². The highest BCUT2D eigenvalue weighted by Crippen LogP contribution is 2.32. The SMILES string of the molecule is OB(O)c1ccc2sc3ccc(B(O)O)cc3c2c1. The highest BCUT2D eigenvalue weighted by Gasteiger charge is 2.16. The van der Waals surface area contributed by atoms with Crippen LogP contribution in [-0.2, 0) is 0 Å². The summed E-state index contributed by atoms with van der Waals surface area (Å²) in [6.45, 7) is 0. The fraction of sp³-hybridized carbons (Fsp3) is 0. The van der Waals surface area contributed by atoms with E-state index >= 15 is 0 Å². The van der Waals surface area contributed by atoms with Crippen molar-refractivity contribution in [3.8, 4) is 0 Å². The molecule has 0 spiro atoms. The van der Waals surface area contributed by atoms with Crippen LogP contribution in [0.1, 0.15) is 0 Å². The number of hydrogen-bond donors (Lipinski definition) is 4. The van der Waals surface area contributed by atoms with Gasteiger partial charge in [0.05, 0.1) is 0 Å². The van der Waals surface area contributed by atoms with E-state index in [-0.39, 0.29) is 0 Å². The van der Waals surface area contributed by atoms with E-state index in [0.717, 1.165) is 20.2 Å². The molecular formula is C12H10B2O4S. The lowest BCUT2D eigenvalue weighted by molar-refractivity contribution is 0.424. The molecule has 3 rings (SSSR count). The van der Waals surface area contributed by atoms with Crippen LogP contribution in [0.2, 0.25) is 0 Å². The molecule has 7 heteroatoms. The summed E-state index contributed by atoms with van der Waals surface area (Å²) in [6.07, 6.45) is 0. The molecule has 94 valence electrons. The van der Waals surface area contributed by atoms with Crippen LogP contribution in [0.4, 0.5) is 0 Å². The van der Waals surface area contributed by atoms with Crippen LogP contribution in [0.3, 0.4) is 0 Å². The van der Waals surface area contributed by atoms with Crippen molar-refractivity contribution in [1.82, 2.24) is 0 Å². The zero-order valence-electron chi connectivity index (χ0n) is 9.82. The number of benzene rings is 2. The van der Waals surface area contributed by atoms with E-state index in [4.69, 9.17) is 0 Å². The molecule has 0 saturated heterocycles. The van der Waals surface area contributed by atoms with Crippen molar-refractivity contribution in [1.29, 1.82) is 0 Å². The van der Waals surface area contributed by atoms with Gasteiger partial charge in [-0.15, -0.1) is 11.3 Å². The monoisotopic (exact) mass is 272 g/mol. The quantitative estimate of drug-likeness (QED) is 0.470. The zero-order valence-corrected chi connectivity index (χ0v) is 10.6. The molecule has 0 bridgehead atoms. The summed E-state index contributed by atoms with van der Waals surface area (Å²) in [4.78, 5) is 0. The van der Waals surface area contributed by atoms with Crippen LogP contribution < -0.4 is 10.9 Å².